The van der Waals surface area contributed by atoms with Crippen molar-refractivity contribution in [2.24, 2.45) is 5.73 Å². The molecule has 0 saturated heterocycles. The Bertz CT molecular complexity index is 1390. The summed E-state index contributed by atoms with van der Waals surface area (Å²) in [5.41, 5.74) is 8.95. The number of aromatic nitrogens is 1. The molecule has 0 bridgehead atoms. The molecule has 3 amide bonds. The van der Waals surface area contributed by atoms with Gasteiger partial charge < -0.3 is 20.5 Å². The molecule has 0 atom stereocenters. The third kappa shape index (κ3) is 4.58. The van der Waals surface area contributed by atoms with E-state index in [0.29, 0.717) is 48.6 Å². The first kappa shape index (κ1) is 25.7. The van der Waals surface area contributed by atoms with Crippen LogP contribution in [0.3, 0.4) is 0 Å². The predicted octanol–water partition coefficient (Wildman–Crippen LogP) is 3.25. The number of primary amides is 1. The van der Waals surface area contributed by atoms with Gasteiger partial charge in [0, 0.05) is 62.7 Å². The Morgan fingerprint density at radius 2 is 1.71 bits per heavy atom. The van der Waals surface area contributed by atoms with Crippen LogP contribution < -0.4 is 11.1 Å². The number of carbonyl (C=O) groups is 3. The van der Waals surface area contributed by atoms with E-state index in [-0.39, 0.29) is 23.2 Å². The number of hydrogen-bond acceptors (Lipinski definition) is 4. The number of amides is 3. The molecule has 3 aromatic rings. The zero-order chi connectivity index (χ0) is 27.0. The molecule has 0 unspecified atom stereocenters. The van der Waals surface area contributed by atoms with Gasteiger partial charge in [-0.1, -0.05) is 18.2 Å². The highest BCUT2D eigenvalue weighted by Crippen LogP contribution is 2.49. The average molecular weight is 518 g/mol. The van der Waals surface area contributed by atoms with Gasteiger partial charge >= 0.3 is 0 Å². The van der Waals surface area contributed by atoms with Crippen molar-refractivity contribution in [1.82, 2.24) is 19.7 Å². The van der Waals surface area contributed by atoms with Crippen LogP contribution in [0.1, 0.15) is 67.3 Å². The minimum atomic E-state index is -0.487. The van der Waals surface area contributed by atoms with Gasteiger partial charge in [-0.25, -0.2) is 4.39 Å². The van der Waals surface area contributed by atoms with Crippen LogP contribution in [0.25, 0.3) is 0 Å². The van der Waals surface area contributed by atoms with Crippen molar-refractivity contribution in [3.8, 4) is 0 Å². The van der Waals surface area contributed by atoms with Crippen molar-refractivity contribution in [2.75, 3.05) is 20.6 Å². The lowest BCUT2D eigenvalue weighted by Gasteiger charge is -2.53. The van der Waals surface area contributed by atoms with Crippen LogP contribution in [0.15, 0.2) is 54.6 Å². The first-order valence-electron chi connectivity index (χ1n) is 12.8. The smallest absolute Gasteiger partial charge is 0.268 e. The first-order valence-corrected chi connectivity index (χ1v) is 12.8. The number of carbonyl (C=O) groups excluding carboxylic acids is 3. The Morgan fingerprint density at radius 3 is 2.32 bits per heavy atom. The maximum absolute atomic E-state index is 15.0. The lowest BCUT2D eigenvalue weighted by atomic mass is 9.71. The van der Waals surface area contributed by atoms with Crippen molar-refractivity contribution in [1.29, 1.82) is 0 Å². The van der Waals surface area contributed by atoms with E-state index in [1.54, 1.807) is 50.5 Å². The number of halogens is 1. The number of benzene rings is 2. The second kappa shape index (κ2) is 10.1. The van der Waals surface area contributed by atoms with Gasteiger partial charge in [-0.15, -0.1) is 0 Å². The third-order valence-corrected chi connectivity index (χ3v) is 7.83. The molecule has 3 N–H and O–H groups in total. The highest BCUT2D eigenvalue weighted by atomic mass is 19.1. The Morgan fingerprint density at radius 1 is 1.00 bits per heavy atom. The molecule has 2 heterocycles. The van der Waals surface area contributed by atoms with E-state index in [9.17, 15) is 14.4 Å². The van der Waals surface area contributed by atoms with Crippen molar-refractivity contribution in [2.45, 2.75) is 44.4 Å². The van der Waals surface area contributed by atoms with Crippen LogP contribution in [0.4, 0.5) is 4.39 Å². The SMILES string of the molecule is CN(C)C(=O)c1ccc(CN2CCn3c(C(=O)NCc4ccc(C(N)=O)cc4)ccc3C23CCC3)c(F)c1. The van der Waals surface area contributed by atoms with Crippen LogP contribution >= 0.6 is 0 Å². The molecule has 9 heteroatoms. The van der Waals surface area contributed by atoms with Crippen LogP contribution in [0.2, 0.25) is 0 Å². The molecule has 1 aliphatic heterocycles. The largest absolute Gasteiger partial charge is 0.366 e. The maximum Gasteiger partial charge on any atom is 0.268 e. The molecule has 1 saturated carbocycles. The van der Waals surface area contributed by atoms with E-state index in [1.807, 2.05) is 12.1 Å². The van der Waals surface area contributed by atoms with Crippen LogP contribution in [-0.2, 0) is 25.2 Å². The fourth-order valence-electron chi connectivity index (χ4n) is 5.56. The predicted molar refractivity (Wildman–Crippen MR) is 141 cm³/mol. The van der Waals surface area contributed by atoms with E-state index >= 15 is 4.39 Å². The summed E-state index contributed by atoms with van der Waals surface area (Å²) in [6, 6.07) is 15.5. The van der Waals surface area contributed by atoms with Gasteiger partial charge in [0.25, 0.3) is 11.8 Å². The van der Waals surface area contributed by atoms with E-state index in [1.165, 1.54) is 11.0 Å². The molecular formula is C29H32FN5O3. The van der Waals surface area contributed by atoms with Gasteiger partial charge in [-0.2, -0.15) is 0 Å². The Balaban J connectivity index is 1.31. The summed E-state index contributed by atoms with van der Waals surface area (Å²) in [7, 11) is 3.29. The quantitative estimate of drug-likeness (QED) is 0.503. The van der Waals surface area contributed by atoms with Crippen LogP contribution in [0.5, 0.6) is 0 Å². The van der Waals surface area contributed by atoms with E-state index in [0.717, 1.165) is 30.5 Å². The fraction of sp³-hybridized carbons (Fsp3) is 0.345. The van der Waals surface area contributed by atoms with Crippen LogP contribution in [-0.4, -0.2) is 52.7 Å². The minimum absolute atomic E-state index is 0.162. The summed E-state index contributed by atoms with van der Waals surface area (Å²) < 4.78 is 17.1. The number of hydrogen-bond donors (Lipinski definition) is 2. The standard InChI is InChI=1S/C29H32FN5O3/c1-33(2)28(38)21-8-9-22(23(30)16-21)18-34-14-15-35-24(10-11-25(35)29(34)12-3-13-29)27(37)32-17-19-4-6-20(7-5-19)26(31)36/h4-11,16H,3,12-15,17-18H2,1-2H3,(H2,31,36)(H,32,37). The number of nitrogens with two attached hydrogens (primary N) is 1. The second-order valence-corrected chi connectivity index (χ2v) is 10.3. The zero-order valence-corrected chi connectivity index (χ0v) is 21.7. The van der Waals surface area contributed by atoms with Crippen molar-refractivity contribution in [3.05, 3.63) is 94.1 Å². The Labute approximate surface area is 221 Å². The topological polar surface area (TPSA) is 101 Å². The minimum Gasteiger partial charge on any atom is -0.366 e. The summed E-state index contributed by atoms with van der Waals surface area (Å²) in [5.74, 6) is -1.25. The van der Waals surface area contributed by atoms with Gasteiger partial charge in [0.2, 0.25) is 5.91 Å². The first-order chi connectivity index (χ1) is 18.2. The Kier molecular flexibility index (Phi) is 6.79. The van der Waals surface area contributed by atoms with Crippen molar-refractivity contribution >= 4 is 17.7 Å². The van der Waals surface area contributed by atoms with E-state index in [2.05, 4.69) is 14.8 Å². The third-order valence-electron chi connectivity index (χ3n) is 7.83. The van der Waals surface area contributed by atoms with Gasteiger partial charge in [0.05, 0.1) is 5.54 Å². The van der Waals surface area contributed by atoms with Gasteiger partial charge in [-0.3, -0.25) is 19.3 Å². The number of fused-ring (bicyclic) bond motifs is 2. The molecule has 1 aliphatic carbocycles. The van der Waals surface area contributed by atoms with Gasteiger partial charge in [0.15, 0.2) is 0 Å². The summed E-state index contributed by atoms with van der Waals surface area (Å²) in [5, 5.41) is 2.97. The molecule has 8 nitrogen and oxygen atoms in total. The van der Waals surface area contributed by atoms with E-state index in [4.69, 9.17) is 5.73 Å². The molecule has 2 aliphatic rings. The number of nitrogens with one attached hydrogen (secondary N) is 1. The van der Waals surface area contributed by atoms with Gasteiger partial charge in [-0.05, 0) is 61.2 Å². The molecule has 38 heavy (non-hydrogen) atoms. The van der Waals surface area contributed by atoms with Gasteiger partial charge in [0.1, 0.15) is 11.5 Å². The highest BCUT2D eigenvalue weighted by Gasteiger charge is 2.48. The summed E-state index contributed by atoms with van der Waals surface area (Å²) >= 11 is 0. The monoisotopic (exact) mass is 517 g/mol. The lowest BCUT2D eigenvalue weighted by molar-refractivity contribution is -0.0223. The highest BCUT2D eigenvalue weighted by molar-refractivity contribution is 5.94. The fourth-order valence-corrected chi connectivity index (χ4v) is 5.56. The summed E-state index contributed by atoms with van der Waals surface area (Å²) in [6.07, 6.45) is 2.97. The zero-order valence-electron chi connectivity index (χ0n) is 21.7. The molecule has 0 radical (unpaired) electrons. The Hall–Kier alpha value is -3.98. The summed E-state index contributed by atoms with van der Waals surface area (Å²) in [6.45, 7) is 2.09. The molecule has 1 spiro atoms. The lowest BCUT2D eigenvalue weighted by Crippen LogP contribution is -2.56. The molecule has 5 rings (SSSR count). The van der Waals surface area contributed by atoms with Crippen molar-refractivity contribution in [3.63, 3.8) is 0 Å². The average Bonchev–Trinajstić information content (AvgIpc) is 3.31. The normalized spacial score (nSPS) is 16.0. The van der Waals surface area contributed by atoms with Crippen LogP contribution in [0, 0.1) is 5.82 Å². The second-order valence-electron chi connectivity index (χ2n) is 10.3. The molecule has 1 aromatic heterocycles. The molecular weight excluding hydrogens is 485 g/mol. The number of nitrogens with zero attached hydrogens (tertiary/aromatic N) is 3. The molecule has 1 fully saturated rings. The van der Waals surface area contributed by atoms with E-state index < -0.39 is 5.91 Å². The maximum atomic E-state index is 15.0. The molecule has 198 valence electrons. The van der Waals surface area contributed by atoms with Crippen molar-refractivity contribution < 1.29 is 18.8 Å². The molecule has 2 aromatic carbocycles. The summed E-state index contributed by atoms with van der Waals surface area (Å²) in [4.78, 5) is 40.3. The number of rotatable bonds is 7.